The largest absolute Gasteiger partial charge is 0.492 e. The third-order valence-electron chi connectivity index (χ3n) is 6.62. The van der Waals surface area contributed by atoms with E-state index >= 15 is 0 Å². The van der Waals surface area contributed by atoms with Crippen molar-refractivity contribution in [3.63, 3.8) is 0 Å². The molecule has 1 aromatic carbocycles. The van der Waals surface area contributed by atoms with Crippen molar-refractivity contribution < 1.29 is 9.47 Å². The van der Waals surface area contributed by atoms with E-state index in [1.165, 1.54) is 31.2 Å². The van der Waals surface area contributed by atoms with Crippen molar-refractivity contribution >= 4 is 29.9 Å². The van der Waals surface area contributed by atoms with Gasteiger partial charge in [0.1, 0.15) is 12.4 Å². The summed E-state index contributed by atoms with van der Waals surface area (Å²) in [7, 11) is 1.90. The van der Waals surface area contributed by atoms with E-state index < -0.39 is 0 Å². The molecule has 30 heavy (non-hydrogen) atoms. The van der Waals surface area contributed by atoms with E-state index in [1.54, 1.807) is 0 Å². The minimum Gasteiger partial charge on any atom is -0.492 e. The summed E-state index contributed by atoms with van der Waals surface area (Å²) in [5, 5.41) is 3.57. The van der Waals surface area contributed by atoms with Crippen LogP contribution in [0.4, 0.5) is 0 Å². The molecular formula is C23H37IN4O2. The van der Waals surface area contributed by atoms with Crippen LogP contribution in [-0.4, -0.2) is 75.4 Å². The van der Waals surface area contributed by atoms with Gasteiger partial charge in [-0.1, -0.05) is 25.0 Å². The molecule has 0 bridgehead atoms. The average Bonchev–Trinajstić information content (AvgIpc) is 3.19. The number of nitrogens with zero attached hydrogens (tertiary/aromatic N) is 3. The molecule has 7 heteroatoms. The van der Waals surface area contributed by atoms with Crippen molar-refractivity contribution in [3.8, 4) is 5.75 Å². The molecule has 4 rings (SSSR count). The van der Waals surface area contributed by atoms with E-state index in [-0.39, 0.29) is 24.0 Å². The second-order valence-electron chi connectivity index (χ2n) is 8.56. The monoisotopic (exact) mass is 528 g/mol. The van der Waals surface area contributed by atoms with Gasteiger partial charge in [-0.25, -0.2) is 0 Å². The number of aliphatic imine (C=N–C) groups is 1. The molecule has 2 atom stereocenters. The maximum atomic E-state index is 6.00. The molecule has 2 saturated heterocycles. The van der Waals surface area contributed by atoms with Gasteiger partial charge in [0.2, 0.25) is 0 Å². The number of hydrogen-bond donors (Lipinski definition) is 1. The molecule has 6 nitrogen and oxygen atoms in total. The quantitative estimate of drug-likeness (QED) is 0.349. The molecule has 0 radical (unpaired) electrons. The highest BCUT2D eigenvalue weighted by molar-refractivity contribution is 14.0. The lowest BCUT2D eigenvalue weighted by atomic mass is 9.82. The molecule has 1 saturated carbocycles. The fraction of sp³-hybridized carbons (Fsp3) is 0.696. The number of hydrogen-bond acceptors (Lipinski definition) is 4. The molecule has 0 aromatic heterocycles. The summed E-state index contributed by atoms with van der Waals surface area (Å²) in [5.74, 6) is 3.72. The highest BCUT2D eigenvalue weighted by atomic mass is 127. The fourth-order valence-electron chi connectivity index (χ4n) is 4.95. The van der Waals surface area contributed by atoms with Crippen LogP contribution in [0.2, 0.25) is 0 Å². The third kappa shape index (κ3) is 6.47. The van der Waals surface area contributed by atoms with E-state index in [4.69, 9.17) is 9.47 Å². The van der Waals surface area contributed by atoms with Crippen LogP contribution in [0, 0.1) is 11.8 Å². The van der Waals surface area contributed by atoms with Crippen LogP contribution in [0.15, 0.2) is 29.3 Å². The number of nitrogens with one attached hydrogen (secondary N) is 1. The number of benzene rings is 1. The number of ether oxygens (including phenoxy) is 2. The van der Waals surface area contributed by atoms with E-state index in [0.29, 0.717) is 0 Å². The van der Waals surface area contributed by atoms with Crippen LogP contribution in [0.1, 0.15) is 31.2 Å². The number of fused-ring (bicyclic) bond motifs is 1. The Kier molecular flexibility index (Phi) is 9.52. The minimum atomic E-state index is 0. The predicted octanol–water partition coefficient (Wildman–Crippen LogP) is 3.21. The first kappa shape index (κ1) is 23.6. The van der Waals surface area contributed by atoms with Gasteiger partial charge >= 0.3 is 0 Å². The Hall–Kier alpha value is -1.06. The maximum Gasteiger partial charge on any atom is 0.193 e. The molecule has 1 N–H and O–H groups in total. The molecule has 2 heterocycles. The van der Waals surface area contributed by atoms with Gasteiger partial charge in [0.15, 0.2) is 5.96 Å². The first-order valence-corrected chi connectivity index (χ1v) is 11.3. The summed E-state index contributed by atoms with van der Waals surface area (Å²) in [4.78, 5) is 9.41. The SMILES string of the molecule is CN=C(NCc1cccc(OCCN2CCOCC2)c1)N1CC2CCCCC2C1.I. The molecule has 2 unspecified atom stereocenters. The summed E-state index contributed by atoms with van der Waals surface area (Å²) >= 11 is 0. The first-order valence-electron chi connectivity index (χ1n) is 11.3. The lowest BCUT2D eigenvalue weighted by Gasteiger charge is -2.26. The van der Waals surface area contributed by atoms with Crippen LogP contribution in [-0.2, 0) is 11.3 Å². The average molecular weight is 528 g/mol. The zero-order valence-corrected chi connectivity index (χ0v) is 20.6. The van der Waals surface area contributed by atoms with Crippen molar-refractivity contribution in [2.75, 3.05) is 59.6 Å². The summed E-state index contributed by atoms with van der Waals surface area (Å²) in [6, 6.07) is 8.42. The van der Waals surface area contributed by atoms with E-state index in [0.717, 1.165) is 82.6 Å². The molecule has 0 amide bonds. The molecule has 1 aromatic rings. The van der Waals surface area contributed by atoms with Gasteiger partial charge in [0, 0.05) is 46.3 Å². The molecule has 168 valence electrons. The maximum absolute atomic E-state index is 6.00. The van der Waals surface area contributed by atoms with E-state index in [1.807, 2.05) is 13.1 Å². The highest BCUT2D eigenvalue weighted by Gasteiger charge is 2.35. The second-order valence-corrected chi connectivity index (χ2v) is 8.56. The topological polar surface area (TPSA) is 49.3 Å². The van der Waals surface area contributed by atoms with Crippen LogP contribution < -0.4 is 10.1 Å². The standard InChI is InChI=1S/C23H36N4O2.HI/c1-24-23(27-17-20-6-2-3-7-21(20)18-27)25-16-19-5-4-8-22(15-19)29-14-11-26-9-12-28-13-10-26;/h4-5,8,15,20-21H,2-3,6-7,9-14,16-18H2,1H3,(H,24,25);1H. The Bertz CT molecular complexity index is 667. The van der Waals surface area contributed by atoms with Gasteiger partial charge in [-0.2, -0.15) is 0 Å². The van der Waals surface area contributed by atoms with Crippen LogP contribution in [0.3, 0.4) is 0 Å². The highest BCUT2D eigenvalue weighted by Crippen LogP contribution is 2.35. The van der Waals surface area contributed by atoms with Gasteiger partial charge in [-0.3, -0.25) is 9.89 Å². The molecule has 3 fully saturated rings. The summed E-state index contributed by atoms with van der Waals surface area (Å²) in [6.07, 6.45) is 5.59. The smallest absolute Gasteiger partial charge is 0.193 e. The van der Waals surface area contributed by atoms with Crippen LogP contribution in [0.25, 0.3) is 0 Å². The normalized spacial score (nSPS) is 24.8. The predicted molar refractivity (Wildman–Crippen MR) is 132 cm³/mol. The minimum absolute atomic E-state index is 0. The number of likely N-dealkylation sites (tertiary alicyclic amines) is 1. The van der Waals surface area contributed by atoms with Crippen LogP contribution in [0.5, 0.6) is 5.75 Å². The molecule has 3 aliphatic rings. The first-order chi connectivity index (χ1) is 14.3. The molecule has 0 spiro atoms. The van der Waals surface area contributed by atoms with Gasteiger partial charge in [0.05, 0.1) is 13.2 Å². The number of morpholine rings is 1. The summed E-state index contributed by atoms with van der Waals surface area (Å²) in [6.45, 7) is 8.45. The Labute approximate surface area is 198 Å². The summed E-state index contributed by atoms with van der Waals surface area (Å²) in [5.41, 5.74) is 1.23. The van der Waals surface area contributed by atoms with Gasteiger partial charge in [-0.15, -0.1) is 24.0 Å². The van der Waals surface area contributed by atoms with Crippen molar-refractivity contribution in [2.24, 2.45) is 16.8 Å². The summed E-state index contributed by atoms with van der Waals surface area (Å²) < 4.78 is 11.4. The van der Waals surface area contributed by atoms with Gasteiger partial charge in [0.25, 0.3) is 0 Å². The van der Waals surface area contributed by atoms with Crippen molar-refractivity contribution in [1.29, 1.82) is 0 Å². The van der Waals surface area contributed by atoms with Crippen molar-refractivity contribution in [1.82, 2.24) is 15.1 Å². The Morgan fingerprint density at radius 1 is 1.17 bits per heavy atom. The van der Waals surface area contributed by atoms with E-state index in [2.05, 4.69) is 38.3 Å². The third-order valence-corrected chi connectivity index (χ3v) is 6.62. The Morgan fingerprint density at radius 3 is 2.60 bits per heavy atom. The van der Waals surface area contributed by atoms with Gasteiger partial charge in [-0.05, 0) is 42.4 Å². The number of rotatable bonds is 6. The lowest BCUT2D eigenvalue weighted by Crippen LogP contribution is -2.39. The van der Waals surface area contributed by atoms with E-state index in [9.17, 15) is 0 Å². The molecule has 1 aliphatic carbocycles. The molecule has 2 aliphatic heterocycles. The Balaban J connectivity index is 0.00000256. The molecular weight excluding hydrogens is 491 g/mol. The van der Waals surface area contributed by atoms with Crippen molar-refractivity contribution in [3.05, 3.63) is 29.8 Å². The Morgan fingerprint density at radius 2 is 1.90 bits per heavy atom. The van der Waals surface area contributed by atoms with Crippen LogP contribution >= 0.6 is 24.0 Å². The number of guanidine groups is 1. The van der Waals surface area contributed by atoms with Gasteiger partial charge < -0.3 is 19.7 Å². The van der Waals surface area contributed by atoms with Crippen molar-refractivity contribution in [2.45, 2.75) is 32.2 Å². The number of halogens is 1. The zero-order valence-electron chi connectivity index (χ0n) is 18.2. The fourth-order valence-corrected chi connectivity index (χ4v) is 4.95. The zero-order chi connectivity index (χ0) is 19.9. The second kappa shape index (κ2) is 12.1. The lowest BCUT2D eigenvalue weighted by molar-refractivity contribution is 0.0322.